The van der Waals surface area contributed by atoms with Crippen molar-refractivity contribution < 1.29 is 9.21 Å². The summed E-state index contributed by atoms with van der Waals surface area (Å²) in [5, 5.41) is 0. The van der Waals surface area contributed by atoms with Crippen LogP contribution in [0.25, 0.3) is 11.3 Å². The van der Waals surface area contributed by atoms with Crippen molar-refractivity contribution in [1.82, 2.24) is 14.8 Å². The number of likely N-dealkylation sites (N-methyl/N-ethyl adjacent to an activating group) is 1. The second kappa shape index (κ2) is 11.4. The summed E-state index contributed by atoms with van der Waals surface area (Å²) in [6.07, 6.45) is 6.38. The smallest absolute Gasteiger partial charge is 0.272 e. The average Bonchev–Trinajstić information content (AvgIpc) is 3.48. The quantitative estimate of drug-likeness (QED) is 0.314. The molecule has 184 valence electrons. The molecule has 5 rings (SSSR count). The molecule has 1 atom stereocenters. The Morgan fingerprint density at radius 2 is 1.72 bits per heavy atom. The van der Waals surface area contributed by atoms with Gasteiger partial charge >= 0.3 is 0 Å². The molecular weight excluding hydrogens is 446 g/mol. The molecule has 0 radical (unpaired) electrons. The minimum atomic E-state index is -0.00802. The standard InChI is InChI=1S/C31H33N3O2/c1-33(31(35)28-14-7-8-18-32-28)29(22-24-10-3-2-4-11-24)25-16-19-34(20-17-25)23-26-12-5-6-13-27(26)30-15-9-21-36-30/h2-15,18,21,25,29H,16-17,19-20,22-23H2,1H3. The van der Waals surface area contributed by atoms with Gasteiger partial charge in [0.05, 0.1) is 6.26 Å². The molecule has 0 saturated carbocycles. The molecule has 0 spiro atoms. The van der Waals surface area contributed by atoms with Crippen molar-refractivity contribution in [2.24, 2.45) is 5.92 Å². The van der Waals surface area contributed by atoms with E-state index in [9.17, 15) is 4.79 Å². The van der Waals surface area contributed by atoms with Gasteiger partial charge in [-0.2, -0.15) is 0 Å². The molecule has 1 amide bonds. The van der Waals surface area contributed by atoms with Crippen molar-refractivity contribution in [1.29, 1.82) is 0 Å². The van der Waals surface area contributed by atoms with E-state index >= 15 is 0 Å². The van der Waals surface area contributed by atoms with E-state index in [1.165, 1.54) is 11.1 Å². The number of carbonyl (C=O) groups is 1. The van der Waals surface area contributed by atoms with E-state index in [4.69, 9.17) is 4.42 Å². The third-order valence-corrected chi connectivity index (χ3v) is 7.36. The van der Waals surface area contributed by atoms with Gasteiger partial charge in [-0.25, -0.2) is 0 Å². The zero-order chi connectivity index (χ0) is 24.7. The topological polar surface area (TPSA) is 49.6 Å². The van der Waals surface area contributed by atoms with Crippen LogP contribution < -0.4 is 0 Å². The number of hydrogen-bond donors (Lipinski definition) is 0. The van der Waals surface area contributed by atoms with E-state index in [1.54, 1.807) is 18.5 Å². The maximum absolute atomic E-state index is 13.3. The van der Waals surface area contributed by atoms with Gasteiger partial charge in [0, 0.05) is 31.4 Å². The first-order chi connectivity index (χ1) is 17.7. The van der Waals surface area contributed by atoms with Crippen LogP contribution in [0.3, 0.4) is 0 Å². The van der Waals surface area contributed by atoms with E-state index in [2.05, 4.69) is 58.4 Å². The molecule has 5 heteroatoms. The molecule has 1 unspecified atom stereocenters. The summed E-state index contributed by atoms with van der Waals surface area (Å²) < 4.78 is 5.68. The van der Waals surface area contributed by atoms with Gasteiger partial charge in [-0.05, 0) is 73.7 Å². The van der Waals surface area contributed by atoms with Gasteiger partial charge in [-0.15, -0.1) is 0 Å². The number of rotatable bonds is 8. The molecule has 1 aliphatic heterocycles. The Kier molecular flexibility index (Phi) is 7.58. The van der Waals surface area contributed by atoms with Gasteiger partial charge in [-0.1, -0.05) is 60.7 Å². The number of hydrogen-bond acceptors (Lipinski definition) is 4. The lowest BCUT2D eigenvalue weighted by Crippen LogP contribution is -2.47. The number of piperidine rings is 1. The third-order valence-electron chi connectivity index (χ3n) is 7.36. The minimum absolute atomic E-state index is 0.00802. The zero-order valence-electron chi connectivity index (χ0n) is 20.8. The first kappa shape index (κ1) is 24.0. The highest BCUT2D eigenvalue weighted by Gasteiger charge is 2.32. The molecule has 0 aliphatic carbocycles. The van der Waals surface area contributed by atoms with Crippen molar-refractivity contribution in [2.45, 2.75) is 31.8 Å². The summed E-state index contributed by atoms with van der Waals surface area (Å²) in [6, 6.07) is 28.6. The SMILES string of the molecule is CN(C(=O)c1ccccn1)C(Cc1ccccc1)C1CCN(Cc2ccccc2-c2ccco2)CC1. The Morgan fingerprint density at radius 3 is 2.44 bits per heavy atom. The Hall–Kier alpha value is -3.70. The summed E-state index contributed by atoms with van der Waals surface area (Å²) in [7, 11) is 1.94. The van der Waals surface area contributed by atoms with Crippen molar-refractivity contribution in [2.75, 3.05) is 20.1 Å². The first-order valence-corrected chi connectivity index (χ1v) is 12.8. The minimum Gasteiger partial charge on any atom is -0.464 e. The fourth-order valence-corrected chi connectivity index (χ4v) is 5.36. The number of benzene rings is 2. The molecule has 0 N–H and O–H groups in total. The van der Waals surface area contributed by atoms with Crippen molar-refractivity contribution >= 4 is 5.91 Å². The van der Waals surface area contributed by atoms with Crippen LogP contribution in [-0.4, -0.2) is 46.9 Å². The molecule has 0 bridgehead atoms. The third kappa shape index (κ3) is 5.58. The summed E-state index contributed by atoms with van der Waals surface area (Å²) in [5.74, 6) is 1.34. The number of nitrogens with zero attached hydrogens (tertiary/aromatic N) is 3. The van der Waals surface area contributed by atoms with Gasteiger partial charge in [0.1, 0.15) is 11.5 Å². The van der Waals surface area contributed by atoms with E-state index in [1.807, 2.05) is 42.3 Å². The van der Waals surface area contributed by atoms with Gasteiger partial charge < -0.3 is 9.32 Å². The van der Waals surface area contributed by atoms with Gasteiger partial charge in [0.25, 0.3) is 5.91 Å². The van der Waals surface area contributed by atoms with Crippen LogP contribution in [0.15, 0.2) is 102 Å². The number of pyridine rings is 1. The molecule has 2 aromatic heterocycles. The molecule has 1 saturated heterocycles. The predicted octanol–water partition coefficient (Wildman–Crippen LogP) is 5.94. The average molecular weight is 480 g/mol. The van der Waals surface area contributed by atoms with E-state index in [0.717, 1.165) is 50.2 Å². The largest absolute Gasteiger partial charge is 0.464 e. The molecular formula is C31H33N3O2. The van der Waals surface area contributed by atoms with Crippen LogP contribution in [0.1, 0.15) is 34.5 Å². The first-order valence-electron chi connectivity index (χ1n) is 12.8. The van der Waals surface area contributed by atoms with Crippen LogP contribution in [0.2, 0.25) is 0 Å². The molecule has 2 aromatic carbocycles. The number of furan rings is 1. The summed E-state index contributed by atoms with van der Waals surface area (Å²) in [6.45, 7) is 2.91. The fourth-order valence-electron chi connectivity index (χ4n) is 5.36. The van der Waals surface area contributed by atoms with Crippen molar-refractivity contribution in [3.8, 4) is 11.3 Å². The number of likely N-dealkylation sites (tertiary alicyclic amines) is 1. The maximum Gasteiger partial charge on any atom is 0.272 e. The van der Waals surface area contributed by atoms with Crippen LogP contribution in [-0.2, 0) is 13.0 Å². The highest BCUT2D eigenvalue weighted by atomic mass is 16.3. The second-order valence-electron chi connectivity index (χ2n) is 9.64. The molecule has 1 fully saturated rings. The second-order valence-corrected chi connectivity index (χ2v) is 9.64. The molecule has 3 heterocycles. The highest BCUT2D eigenvalue weighted by molar-refractivity contribution is 5.92. The molecule has 5 nitrogen and oxygen atoms in total. The lowest BCUT2D eigenvalue weighted by Gasteiger charge is -2.40. The molecule has 1 aliphatic rings. The van der Waals surface area contributed by atoms with Gasteiger partial charge in [0.2, 0.25) is 0 Å². The summed E-state index contributed by atoms with van der Waals surface area (Å²) in [5.41, 5.74) is 4.21. The van der Waals surface area contributed by atoms with Crippen molar-refractivity contribution in [3.63, 3.8) is 0 Å². The fraction of sp³-hybridized carbons (Fsp3) is 0.290. The Labute approximate surface area is 213 Å². The van der Waals surface area contributed by atoms with Crippen LogP contribution in [0.4, 0.5) is 0 Å². The van der Waals surface area contributed by atoms with E-state index in [0.29, 0.717) is 11.6 Å². The molecule has 36 heavy (non-hydrogen) atoms. The Bertz CT molecular complexity index is 1230. The predicted molar refractivity (Wildman–Crippen MR) is 142 cm³/mol. The summed E-state index contributed by atoms with van der Waals surface area (Å²) >= 11 is 0. The maximum atomic E-state index is 13.3. The zero-order valence-corrected chi connectivity index (χ0v) is 20.8. The van der Waals surface area contributed by atoms with Crippen LogP contribution >= 0.6 is 0 Å². The van der Waals surface area contributed by atoms with Crippen LogP contribution in [0, 0.1) is 5.92 Å². The lowest BCUT2D eigenvalue weighted by atomic mass is 9.84. The van der Waals surface area contributed by atoms with E-state index in [-0.39, 0.29) is 11.9 Å². The van der Waals surface area contributed by atoms with Crippen molar-refractivity contribution in [3.05, 3.63) is 114 Å². The lowest BCUT2D eigenvalue weighted by molar-refractivity contribution is 0.0579. The Morgan fingerprint density at radius 1 is 0.972 bits per heavy atom. The normalized spacial score (nSPS) is 15.5. The number of amides is 1. The number of aromatic nitrogens is 1. The van der Waals surface area contributed by atoms with Crippen LogP contribution in [0.5, 0.6) is 0 Å². The number of carbonyl (C=O) groups excluding carboxylic acids is 1. The van der Waals surface area contributed by atoms with Gasteiger partial charge in [0.15, 0.2) is 0 Å². The molecule has 4 aromatic rings. The van der Waals surface area contributed by atoms with E-state index < -0.39 is 0 Å². The summed E-state index contributed by atoms with van der Waals surface area (Å²) in [4.78, 5) is 22.1. The van der Waals surface area contributed by atoms with Gasteiger partial charge in [-0.3, -0.25) is 14.7 Å². The monoisotopic (exact) mass is 479 g/mol. The highest BCUT2D eigenvalue weighted by Crippen LogP contribution is 2.30. The Balaban J connectivity index is 1.29.